The first kappa shape index (κ1) is 8.81. The number of hydrogen-bond donors (Lipinski definition) is 0. The molecule has 3 nitrogen and oxygen atoms in total. The largest absolute Gasteiger partial charge is 0.468 e. The predicted molar refractivity (Wildman–Crippen MR) is 48.2 cm³/mol. The fourth-order valence-corrected chi connectivity index (χ4v) is 3.26. The van der Waals surface area contributed by atoms with Gasteiger partial charge in [0.05, 0.1) is 12.0 Å². The third-order valence-corrected chi connectivity index (χ3v) is 4.30. The fourth-order valence-electron chi connectivity index (χ4n) is 1.38. The van der Waals surface area contributed by atoms with Gasteiger partial charge in [-0.3, -0.25) is 0 Å². The minimum Gasteiger partial charge on any atom is -0.468 e. The van der Waals surface area contributed by atoms with Crippen LogP contribution < -0.4 is 0 Å². The Bertz CT molecular complexity index is 398. The SMILES string of the molecule is Cc1occc1S(=O)(=O)CC1CC1. The number of hydrogen-bond acceptors (Lipinski definition) is 3. The van der Waals surface area contributed by atoms with E-state index in [4.69, 9.17) is 4.42 Å². The van der Waals surface area contributed by atoms with Crippen molar-refractivity contribution in [3.8, 4) is 0 Å². The summed E-state index contributed by atoms with van der Waals surface area (Å²) >= 11 is 0. The standard InChI is InChI=1S/C9H12O3S/c1-7-9(4-5-12-7)13(10,11)6-8-2-3-8/h4-5,8H,2-3,6H2,1H3. The zero-order valence-electron chi connectivity index (χ0n) is 7.49. The Morgan fingerprint density at radius 3 is 2.69 bits per heavy atom. The van der Waals surface area contributed by atoms with Gasteiger partial charge in [0.15, 0.2) is 9.84 Å². The van der Waals surface area contributed by atoms with Crippen molar-refractivity contribution >= 4 is 9.84 Å². The van der Waals surface area contributed by atoms with Gasteiger partial charge in [0.1, 0.15) is 10.7 Å². The first-order valence-corrected chi connectivity index (χ1v) is 6.01. The van der Waals surface area contributed by atoms with Crippen LogP contribution in [0.15, 0.2) is 21.6 Å². The fraction of sp³-hybridized carbons (Fsp3) is 0.556. The molecule has 0 unspecified atom stereocenters. The molecule has 1 fully saturated rings. The normalized spacial score (nSPS) is 17.6. The van der Waals surface area contributed by atoms with E-state index >= 15 is 0 Å². The smallest absolute Gasteiger partial charge is 0.182 e. The second-order valence-electron chi connectivity index (χ2n) is 3.57. The Balaban J connectivity index is 2.28. The summed E-state index contributed by atoms with van der Waals surface area (Å²) in [6.07, 6.45) is 3.53. The van der Waals surface area contributed by atoms with Crippen LogP contribution in [0.3, 0.4) is 0 Å². The van der Waals surface area contributed by atoms with E-state index in [2.05, 4.69) is 0 Å². The van der Waals surface area contributed by atoms with Gasteiger partial charge in [-0.05, 0) is 31.7 Å². The van der Waals surface area contributed by atoms with Crippen LogP contribution in [0.25, 0.3) is 0 Å². The highest BCUT2D eigenvalue weighted by Gasteiger charge is 2.30. The van der Waals surface area contributed by atoms with Crippen molar-refractivity contribution in [2.75, 3.05) is 5.75 Å². The molecular weight excluding hydrogens is 188 g/mol. The van der Waals surface area contributed by atoms with E-state index in [-0.39, 0.29) is 5.75 Å². The Morgan fingerprint density at radius 2 is 2.23 bits per heavy atom. The summed E-state index contributed by atoms with van der Waals surface area (Å²) in [6, 6.07) is 1.53. The first-order chi connectivity index (χ1) is 6.09. The Labute approximate surface area is 77.7 Å². The van der Waals surface area contributed by atoms with E-state index < -0.39 is 9.84 Å². The molecule has 1 aromatic rings. The maximum Gasteiger partial charge on any atom is 0.182 e. The zero-order valence-corrected chi connectivity index (χ0v) is 8.30. The summed E-state index contributed by atoms with van der Waals surface area (Å²) < 4.78 is 28.4. The molecule has 0 atom stereocenters. The summed E-state index contributed by atoms with van der Waals surface area (Å²) in [6.45, 7) is 1.68. The summed E-state index contributed by atoms with van der Waals surface area (Å²) in [5, 5.41) is 0. The third-order valence-electron chi connectivity index (χ3n) is 2.30. The van der Waals surface area contributed by atoms with Gasteiger partial charge >= 0.3 is 0 Å². The average Bonchev–Trinajstić information content (AvgIpc) is 2.69. The molecule has 0 N–H and O–H groups in total. The van der Waals surface area contributed by atoms with Crippen LogP contribution in [0.5, 0.6) is 0 Å². The van der Waals surface area contributed by atoms with Crippen LogP contribution in [0.1, 0.15) is 18.6 Å². The van der Waals surface area contributed by atoms with Gasteiger partial charge in [-0.2, -0.15) is 0 Å². The summed E-state index contributed by atoms with van der Waals surface area (Å²) in [5.41, 5.74) is 0. The van der Waals surface area contributed by atoms with Crippen LogP contribution in [-0.4, -0.2) is 14.2 Å². The molecule has 1 aliphatic carbocycles. The van der Waals surface area contributed by atoms with Crippen molar-refractivity contribution in [2.45, 2.75) is 24.7 Å². The minimum absolute atomic E-state index is 0.285. The number of furan rings is 1. The van der Waals surface area contributed by atoms with E-state index in [0.29, 0.717) is 16.6 Å². The van der Waals surface area contributed by atoms with Crippen LogP contribution >= 0.6 is 0 Å². The van der Waals surface area contributed by atoms with Gasteiger partial charge in [-0.15, -0.1) is 0 Å². The van der Waals surface area contributed by atoms with E-state index in [1.165, 1.54) is 12.3 Å². The summed E-state index contributed by atoms with van der Waals surface area (Å²) in [4.78, 5) is 0.361. The lowest BCUT2D eigenvalue weighted by atomic mass is 10.5. The van der Waals surface area contributed by atoms with Gasteiger partial charge < -0.3 is 4.42 Å². The molecule has 0 aliphatic heterocycles. The van der Waals surface area contributed by atoms with Crippen molar-refractivity contribution in [1.29, 1.82) is 0 Å². The van der Waals surface area contributed by atoms with Gasteiger partial charge in [-0.1, -0.05) is 0 Å². The topological polar surface area (TPSA) is 47.3 Å². The Hall–Kier alpha value is -0.770. The first-order valence-electron chi connectivity index (χ1n) is 4.36. The third kappa shape index (κ3) is 1.77. The molecule has 4 heteroatoms. The quantitative estimate of drug-likeness (QED) is 0.747. The minimum atomic E-state index is -3.08. The summed E-state index contributed by atoms with van der Waals surface area (Å²) in [5.74, 6) is 1.17. The van der Waals surface area contributed by atoms with Crippen LogP contribution in [0.2, 0.25) is 0 Å². The van der Waals surface area contributed by atoms with Gasteiger partial charge in [-0.25, -0.2) is 8.42 Å². The van der Waals surface area contributed by atoms with E-state index in [9.17, 15) is 8.42 Å². The molecule has 0 spiro atoms. The Kier molecular flexibility index (Phi) is 1.95. The lowest BCUT2D eigenvalue weighted by Gasteiger charge is -1.99. The Morgan fingerprint density at radius 1 is 1.54 bits per heavy atom. The van der Waals surface area contributed by atoms with Gasteiger partial charge in [0, 0.05) is 0 Å². The molecule has 1 aromatic heterocycles. The lowest BCUT2D eigenvalue weighted by molar-refractivity contribution is 0.522. The van der Waals surface area contributed by atoms with Crippen LogP contribution in [0, 0.1) is 12.8 Å². The molecular formula is C9H12O3S. The zero-order chi connectivity index (χ0) is 9.47. The number of rotatable bonds is 3. The van der Waals surface area contributed by atoms with Crippen LogP contribution in [-0.2, 0) is 9.84 Å². The lowest BCUT2D eigenvalue weighted by Crippen LogP contribution is -2.08. The average molecular weight is 200 g/mol. The number of sulfone groups is 1. The highest BCUT2D eigenvalue weighted by atomic mass is 32.2. The molecule has 1 aliphatic rings. The molecule has 72 valence electrons. The summed E-state index contributed by atoms with van der Waals surface area (Å²) in [7, 11) is -3.08. The molecule has 13 heavy (non-hydrogen) atoms. The maximum absolute atomic E-state index is 11.7. The number of aryl methyl sites for hydroxylation is 1. The second-order valence-corrected chi connectivity index (χ2v) is 5.57. The van der Waals surface area contributed by atoms with Crippen LogP contribution in [0.4, 0.5) is 0 Å². The highest BCUT2D eigenvalue weighted by molar-refractivity contribution is 7.91. The van der Waals surface area contributed by atoms with Crippen molar-refractivity contribution < 1.29 is 12.8 Å². The molecule has 1 saturated carbocycles. The second kappa shape index (κ2) is 2.87. The highest BCUT2D eigenvalue weighted by Crippen LogP contribution is 2.32. The van der Waals surface area contributed by atoms with E-state index in [1.54, 1.807) is 6.92 Å². The monoisotopic (exact) mass is 200 g/mol. The van der Waals surface area contributed by atoms with Gasteiger partial charge in [0.2, 0.25) is 0 Å². The predicted octanol–water partition coefficient (Wildman–Crippen LogP) is 1.77. The van der Waals surface area contributed by atoms with E-state index in [0.717, 1.165) is 12.8 Å². The molecule has 0 radical (unpaired) electrons. The van der Waals surface area contributed by atoms with E-state index in [1.807, 2.05) is 0 Å². The maximum atomic E-state index is 11.7. The van der Waals surface area contributed by atoms with Crippen molar-refractivity contribution in [3.05, 3.63) is 18.1 Å². The van der Waals surface area contributed by atoms with Gasteiger partial charge in [0.25, 0.3) is 0 Å². The molecule has 0 amide bonds. The van der Waals surface area contributed by atoms with Crippen molar-refractivity contribution in [3.63, 3.8) is 0 Å². The molecule has 1 heterocycles. The molecule has 0 aromatic carbocycles. The molecule has 0 bridgehead atoms. The van der Waals surface area contributed by atoms with Crippen molar-refractivity contribution in [1.82, 2.24) is 0 Å². The van der Waals surface area contributed by atoms with Crippen molar-refractivity contribution in [2.24, 2.45) is 5.92 Å². The molecule has 2 rings (SSSR count). The molecule has 0 saturated heterocycles.